The van der Waals surface area contributed by atoms with Gasteiger partial charge < -0.3 is 0 Å². The van der Waals surface area contributed by atoms with Crippen LogP contribution in [0.4, 0.5) is 9.18 Å². The molecule has 0 spiro atoms. The van der Waals surface area contributed by atoms with Crippen molar-refractivity contribution in [3.8, 4) is 0 Å². The van der Waals surface area contributed by atoms with Crippen molar-refractivity contribution in [1.82, 2.24) is 10.2 Å². The molecule has 5 nitrogen and oxygen atoms in total. The summed E-state index contributed by atoms with van der Waals surface area (Å²) in [5, 5.41) is 1.83. The van der Waals surface area contributed by atoms with Crippen LogP contribution in [0.15, 0.2) is 0 Å². The molecule has 0 aromatic carbocycles. The molecule has 2 saturated heterocycles. The molecule has 2 atom stereocenters. The number of urea groups is 1. The SMILES string of the molecule is O=C1NC(=O)N(C2CCSC2)C(=O)C1F. The van der Waals surface area contributed by atoms with Crippen molar-refractivity contribution in [3.05, 3.63) is 0 Å². The van der Waals surface area contributed by atoms with Gasteiger partial charge in [-0.25, -0.2) is 9.18 Å². The smallest absolute Gasteiger partial charge is 0.275 e. The number of nitrogens with one attached hydrogen (secondary N) is 1. The Morgan fingerprint density at radius 1 is 1.40 bits per heavy atom. The minimum atomic E-state index is -2.24. The fourth-order valence-electron chi connectivity index (χ4n) is 1.63. The van der Waals surface area contributed by atoms with Gasteiger partial charge in [-0.3, -0.25) is 19.8 Å². The lowest BCUT2D eigenvalue weighted by Gasteiger charge is -2.30. The maximum Gasteiger partial charge on any atom is 0.331 e. The van der Waals surface area contributed by atoms with Gasteiger partial charge in [0.25, 0.3) is 18.0 Å². The van der Waals surface area contributed by atoms with Gasteiger partial charge in [0.2, 0.25) is 0 Å². The number of carbonyl (C=O) groups is 3. The van der Waals surface area contributed by atoms with Gasteiger partial charge in [-0.15, -0.1) is 0 Å². The lowest BCUT2D eigenvalue weighted by Crippen LogP contribution is -2.62. The van der Waals surface area contributed by atoms with Gasteiger partial charge in [-0.05, 0) is 12.2 Å². The van der Waals surface area contributed by atoms with Crippen LogP contribution >= 0.6 is 11.8 Å². The maximum atomic E-state index is 13.1. The molecule has 2 rings (SSSR count). The topological polar surface area (TPSA) is 66.5 Å². The predicted octanol–water partition coefficient (Wildman–Crippen LogP) is -0.0916. The lowest BCUT2D eigenvalue weighted by atomic mass is 10.1. The number of alkyl halides is 1. The van der Waals surface area contributed by atoms with Crippen molar-refractivity contribution in [2.75, 3.05) is 11.5 Å². The Labute approximate surface area is 89.4 Å². The minimum absolute atomic E-state index is 0.283. The molecule has 2 aliphatic heterocycles. The standard InChI is InChI=1S/C8H9FN2O3S/c9-5-6(12)10-8(14)11(7(5)13)4-1-2-15-3-4/h4-5H,1-3H2,(H,10,12,14). The molecule has 2 aliphatic rings. The average Bonchev–Trinajstić information content (AvgIpc) is 2.68. The Bertz CT molecular complexity index is 330. The molecule has 2 unspecified atom stereocenters. The highest BCUT2D eigenvalue weighted by Gasteiger charge is 2.44. The molecule has 0 aliphatic carbocycles. The average molecular weight is 232 g/mol. The summed E-state index contributed by atoms with van der Waals surface area (Å²) in [4.78, 5) is 34.4. The number of rotatable bonds is 1. The first kappa shape index (κ1) is 10.4. The molecule has 0 bridgehead atoms. The van der Waals surface area contributed by atoms with E-state index in [1.54, 1.807) is 11.8 Å². The van der Waals surface area contributed by atoms with E-state index in [0.29, 0.717) is 12.2 Å². The zero-order valence-electron chi connectivity index (χ0n) is 7.73. The van der Waals surface area contributed by atoms with E-state index in [1.807, 2.05) is 5.32 Å². The molecule has 4 amide bonds. The number of barbiturate groups is 1. The molecular weight excluding hydrogens is 223 g/mol. The van der Waals surface area contributed by atoms with Crippen LogP contribution < -0.4 is 5.32 Å². The minimum Gasteiger partial charge on any atom is -0.275 e. The van der Waals surface area contributed by atoms with E-state index < -0.39 is 24.0 Å². The Hall–Kier alpha value is -1.11. The van der Waals surface area contributed by atoms with Gasteiger partial charge in [-0.2, -0.15) is 11.8 Å². The van der Waals surface area contributed by atoms with E-state index in [2.05, 4.69) is 0 Å². The van der Waals surface area contributed by atoms with Crippen molar-refractivity contribution in [1.29, 1.82) is 0 Å². The molecule has 0 radical (unpaired) electrons. The summed E-state index contributed by atoms with van der Waals surface area (Å²) in [6.45, 7) is 0. The fraction of sp³-hybridized carbons (Fsp3) is 0.625. The molecule has 2 heterocycles. The number of amides is 4. The van der Waals surface area contributed by atoms with Gasteiger partial charge in [-0.1, -0.05) is 0 Å². The largest absolute Gasteiger partial charge is 0.331 e. The second kappa shape index (κ2) is 3.80. The van der Waals surface area contributed by atoms with Crippen LogP contribution in [-0.2, 0) is 9.59 Å². The molecule has 15 heavy (non-hydrogen) atoms. The van der Waals surface area contributed by atoms with Crippen molar-refractivity contribution in [2.45, 2.75) is 18.6 Å². The second-order valence-electron chi connectivity index (χ2n) is 3.38. The molecule has 1 N–H and O–H groups in total. The normalized spacial score (nSPS) is 32.1. The highest BCUT2D eigenvalue weighted by molar-refractivity contribution is 7.99. The van der Waals surface area contributed by atoms with Gasteiger partial charge >= 0.3 is 6.03 Å². The summed E-state index contributed by atoms with van der Waals surface area (Å²) in [6.07, 6.45) is -1.58. The number of nitrogens with zero attached hydrogens (tertiary/aromatic N) is 1. The third-order valence-electron chi connectivity index (χ3n) is 2.40. The predicted molar refractivity (Wildman–Crippen MR) is 51.0 cm³/mol. The van der Waals surface area contributed by atoms with Gasteiger partial charge in [0.1, 0.15) is 0 Å². The first-order valence-electron chi connectivity index (χ1n) is 4.51. The van der Waals surface area contributed by atoms with E-state index >= 15 is 0 Å². The fourth-order valence-corrected chi connectivity index (χ4v) is 2.83. The number of halogens is 1. The lowest BCUT2D eigenvalue weighted by molar-refractivity contribution is -0.145. The van der Waals surface area contributed by atoms with Crippen molar-refractivity contribution < 1.29 is 18.8 Å². The molecule has 7 heteroatoms. The van der Waals surface area contributed by atoms with Gasteiger partial charge in [0.15, 0.2) is 0 Å². The van der Waals surface area contributed by atoms with Crippen LogP contribution in [0.2, 0.25) is 0 Å². The first-order valence-corrected chi connectivity index (χ1v) is 5.66. The van der Waals surface area contributed by atoms with Crippen LogP contribution in [0.1, 0.15) is 6.42 Å². The van der Waals surface area contributed by atoms with E-state index in [-0.39, 0.29) is 6.04 Å². The van der Waals surface area contributed by atoms with E-state index in [4.69, 9.17) is 0 Å². The molecule has 2 fully saturated rings. The number of hydrogen-bond acceptors (Lipinski definition) is 4. The summed E-state index contributed by atoms with van der Waals surface area (Å²) < 4.78 is 13.1. The van der Waals surface area contributed by atoms with Crippen molar-refractivity contribution in [2.24, 2.45) is 0 Å². The van der Waals surface area contributed by atoms with Crippen LogP contribution in [0.3, 0.4) is 0 Å². The quantitative estimate of drug-likeness (QED) is 0.641. The maximum absolute atomic E-state index is 13.1. The molecule has 0 saturated carbocycles. The van der Waals surface area contributed by atoms with Crippen LogP contribution in [0.25, 0.3) is 0 Å². The number of hydrogen-bond donors (Lipinski definition) is 1. The van der Waals surface area contributed by atoms with E-state index in [9.17, 15) is 18.8 Å². The van der Waals surface area contributed by atoms with Crippen molar-refractivity contribution in [3.63, 3.8) is 0 Å². The third-order valence-corrected chi connectivity index (χ3v) is 3.55. The summed E-state index contributed by atoms with van der Waals surface area (Å²) in [7, 11) is 0. The number of thioether (sulfide) groups is 1. The molecular formula is C8H9FN2O3S. The zero-order chi connectivity index (χ0) is 11.0. The summed E-state index contributed by atoms with van der Waals surface area (Å²) >= 11 is 1.60. The Kier molecular flexibility index (Phi) is 2.64. The third kappa shape index (κ3) is 1.71. The molecule has 82 valence electrons. The Balaban J connectivity index is 2.19. The summed E-state index contributed by atoms with van der Waals surface area (Å²) in [5.74, 6) is -0.740. The first-order chi connectivity index (χ1) is 7.11. The summed E-state index contributed by atoms with van der Waals surface area (Å²) in [5.41, 5.74) is 0. The second-order valence-corrected chi connectivity index (χ2v) is 4.53. The van der Waals surface area contributed by atoms with Crippen molar-refractivity contribution >= 4 is 29.6 Å². The molecule has 0 aromatic heterocycles. The Morgan fingerprint density at radius 2 is 2.13 bits per heavy atom. The van der Waals surface area contributed by atoms with Gasteiger partial charge in [0.05, 0.1) is 6.04 Å². The number of carbonyl (C=O) groups excluding carboxylic acids is 3. The highest BCUT2D eigenvalue weighted by Crippen LogP contribution is 2.24. The Morgan fingerprint density at radius 3 is 2.73 bits per heavy atom. The van der Waals surface area contributed by atoms with Crippen LogP contribution in [0, 0.1) is 0 Å². The summed E-state index contributed by atoms with van der Waals surface area (Å²) in [6, 6.07) is -1.08. The monoisotopic (exact) mass is 232 g/mol. The zero-order valence-corrected chi connectivity index (χ0v) is 8.55. The van der Waals surface area contributed by atoms with Crippen LogP contribution in [-0.4, -0.2) is 46.5 Å². The van der Waals surface area contributed by atoms with E-state index in [0.717, 1.165) is 10.7 Å². The highest BCUT2D eigenvalue weighted by atomic mass is 32.2. The van der Waals surface area contributed by atoms with Crippen LogP contribution in [0.5, 0.6) is 0 Å². The van der Waals surface area contributed by atoms with Gasteiger partial charge in [0, 0.05) is 5.75 Å². The van der Waals surface area contributed by atoms with E-state index in [1.165, 1.54) is 0 Å². The number of imide groups is 2. The molecule has 0 aromatic rings.